The third-order valence-corrected chi connectivity index (χ3v) is 5.49. The zero-order valence-electron chi connectivity index (χ0n) is 12.0. The smallest absolute Gasteiger partial charge is 0.352 e. The van der Waals surface area contributed by atoms with Crippen molar-refractivity contribution in [3.8, 4) is 11.1 Å². The normalized spacial score (nSPS) is 15.4. The standard InChI is InChI=1S/C17H11NO4S/c1-8-2-4-13-9(6-8)15-14(23(13)22)5-3-10-16(15)12(19)7-11(18-10)17(20)21/h2-7H,1H3,(H,18,19)(H,20,21). The molecule has 114 valence electrons. The fourth-order valence-electron chi connectivity index (χ4n) is 2.98. The van der Waals surface area contributed by atoms with Gasteiger partial charge in [-0.3, -0.25) is 4.79 Å². The van der Waals surface area contributed by atoms with Gasteiger partial charge in [0.15, 0.2) is 5.43 Å². The van der Waals surface area contributed by atoms with E-state index in [9.17, 15) is 13.8 Å². The van der Waals surface area contributed by atoms with Gasteiger partial charge in [-0.15, -0.1) is 0 Å². The Morgan fingerprint density at radius 2 is 1.87 bits per heavy atom. The molecule has 0 saturated heterocycles. The summed E-state index contributed by atoms with van der Waals surface area (Å²) in [6, 6.07) is 9.97. The molecule has 2 heterocycles. The summed E-state index contributed by atoms with van der Waals surface area (Å²) in [5.41, 5.74) is 2.30. The van der Waals surface area contributed by atoms with E-state index in [4.69, 9.17) is 5.11 Å². The summed E-state index contributed by atoms with van der Waals surface area (Å²) in [7, 11) is -1.33. The molecule has 0 radical (unpaired) electrons. The molecular weight excluding hydrogens is 314 g/mol. The molecule has 1 aromatic heterocycles. The van der Waals surface area contributed by atoms with Gasteiger partial charge in [-0.25, -0.2) is 9.00 Å². The quantitative estimate of drug-likeness (QED) is 0.563. The number of carboxylic acid groups (broad SMARTS) is 1. The summed E-state index contributed by atoms with van der Waals surface area (Å²) in [4.78, 5) is 27.6. The number of hydrogen-bond acceptors (Lipinski definition) is 3. The van der Waals surface area contributed by atoms with Crippen molar-refractivity contribution in [1.82, 2.24) is 4.98 Å². The molecule has 0 amide bonds. The Morgan fingerprint density at radius 3 is 2.61 bits per heavy atom. The van der Waals surface area contributed by atoms with E-state index in [-0.39, 0.29) is 11.1 Å². The summed E-state index contributed by atoms with van der Waals surface area (Å²) in [6.45, 7) is 1.93. The van der Waals surface area contributed by atoms with Crippen LogP contribution in [0.3, 0.4) is 0 Å². The number of rotatable bonds is 1. The van der Waals surface area contributed by atoms with Gasteiger partial charge >= 0.3 is 5.97 Å². The maximum atomic E-state index is 12.6. The fraction of sp³-hybridized carbons (Fsp3) is 0.0588. The van der Waals surface area contributed by atoms with Gasteiger partial charge in [0.05, 0.1) is 31.5 Å². The first-order valence-electron chi connectivity index (χ1n) is 6.93. The monoisotopic (exact) mass is 325 g/mol. The molecule has 2 aromatic carbocycles. The molecule has 3 aromatic rings. The molecule has 5 nitrogen and oxygen atoms in total. The number of aromatic amines is 1. The van der Waals surface area contributed by atoms with Gasteiger partial charge in [0.2, 0.25) is 0 Å². The second-order valence-electron chi connectivity index (χ2n) is 5.48. The molecule has 0 aliphatic carbocycles. The largest absolute Gasteiger partial charge is 0.477 e. The highest BCUT2D eigenvalue weighted by Gasteiger charge is 2.28. The second-order valence-corrected chi connectivity index (χ2v) is 6.90. The van der Waals surface area contributed by atoms with Crippen LogP contribution in [0.15, 0.2) is 51.0 Å². The topological polar surface area (TPSA) is 87.2 Å². The summed E-state index contributed by atoms with van der Waals surface area (Å²) in [5, 5.41) is 9.46. The SMILES string of the molecule is Cc1ccc2c(c1)-c1c(ccc3[nH]c(C(=O)O)cc(=O)c13)S2=O. The highest BCUT2D eigenvalue weighted by atomic mass is 32.2. The number of fused-ring (bicyclic) bond motifs is 5. The van der Waals surface area contributed by atoms with Crippen LogP contribution in [0, 0.1) is 6.92 Å². The van der Waals surface area contributed by atoms with Crippen LogP contribution in [0.25, 0.3) is 22.0 Å². The summed E-state index contributed by atoms with van der Waals surface area (Å²) in [6.07, 6.45) is 0. The van der Waals surface area contributed by atoms with Crippen molar-refractivity contribution in [3.63, 3.8) is 0 Å². The van der Waals surface area contributed by atoms with Crippen molar-refractivity contribution in [2.45, 2.75) is 16.7 Å². The minimum absolute atomic E-state index is 0.161. The molecular formula is C17H11NO4S. The third-order valence-electron chi connectivity index (χ3n) is 3.99. The summed E-state index contributed by atoms with van der Waals surface area (Å²) < 4.78 is 12.6. The number of carboxylic acids is 1. The average Bonchev–Trinajstić information content (AvgIpc) is 2.79. The molecule has 0 saturated carbocycles. The van der Waals surface area contributed by atoms with Gasteiger partial charge in [-0.2, -0.15) is 0 Å². The molecule has 23 heavy (non-hydrogen) atoms. The minimum atomic E-state index is -1.33. The number of carbonyl (C=O) groups is 1. The Morgan fingerprint density at radius 1 is 1.13 bits per heavy atom. The van der Waals surface area contributed by atoms with E-state index >= 15 is 0 Å². The predicted octanol–water partition coefficient (Wildman–Crippen LogP) is 2.68. The minimum Gasteiger partial charge on any atom is -0.477 e. The average molecular weight is 325 g/mol. The van der Waals surface area contributed by atoms with E-state index in [0.717, 1.165) is 17.2 Å². The van der Waals surface area contributed by atoms with E-state index < -0.39 is 16.8 Å². The van der Waals surface area contributed by atoms with Gasteiger partial charge in [0, 0.05) is 17.2 Å². The van der Waals surface area contributed by atoms with Gasteiger partial charge in [0.25, 0.3) is 0 Å². The molecule has 0 fully saturated rings. The lowest BCUT2D eigenvalue weighted by molar-refractivity contribution is 0.0691. The lowest BCUT2D eigenvalue weighted by Crippen LogP contribution is -2.10. The zero-order chi connectivity index (χ0) is 16.3. The number of hydrogen-bond donors (Lipinski definition) is 2. The van der Waals surface area contributed by atoms with E-state index in [1.165, 1.54) is 0 Å². The first-order valence-corrected chi connectivity index (χ1v) is 8.08. The molecule has 4 rings (SSSR count). The Kier molecular flexibility index (Phi) is 2.80. The molecule has 6 heteroatoms. The van der Waals surface area contributed by atoms with Crippen LogP contribution >= 0.6 is 0 Å². The van der Waals surface area contributed by atoms with Crippen molar-refractivity contribution in [2.24, 2.45) is 0 Å². The van der Waals surface area contributed by atoms with Crippen molar-refractivity contribution in [3.05, 3.63) is 57.9 Å². The Labute approximate surface area is 133 Å². The zero-order valence-corrected chi connectivity index (χ0v) is 12.9. The van der Waals surface area contributed by atoms with Gasteiger partial charge < -0.3 is 10.1 Å². The van der Waals surface area contributed by atoms with Crippen LogP contribution in [0.1, 0.15) is 16.1 Å². The van der Waals surface area contributed by atoms with Crippen molar-refractivity contribution in [1.29, 1.82) is 0 Å². The van der Waals surface area contributed by atoms with E-state index in [0.29, 0.717) is 26.3 Å². The molecule has 1 aliphatic heterocycles. The molecule has 1 aliphatic rings. The Bertz CT molecular complexity index is 1100. The molecule has 1 atom stereocenters. The number of aryl methyl sites for hydroxylation is 1. The first kappa shape index (κ1) is 13.9. The Balaban J connectivity index is 2.18. The molecule has 0 spiro atoms. The number of H-pyrrole nitrogens is 1. The van der Waals surface area contributed by atoms with Crippen LogP contribution in [0.4, 0.5) is 0 Å². The third kappa shape index (κ3) is 1.88. The van der Waals surface area contributed by atoms with Crippen LogP contribution < -0.4 is 5.43 Å². The number of aromatic carboxylic acids is 1. The highest BCUT2D eigenvalue weighted by Crippen LogP contribution is 2.43. The van der Waals surface area contributed by atoms with Gasteiger partial charge in [-0.05, 0) is 25.1 Å². The number of nitrogens with one attached hydrogen (secondary N) is 1. The van der Waals surface area contributed by atoms with Crippen LogP contribution in [0.5, 0.6) is 0 Å². The van der Waals surface area contributed by atoms with E-state index in [2.05, 4.69) is 4.98 Å². The summed E-state index contributed by atoms with van der Waals surface area (Å²) in [5.74, 6) is -1.19. The second kappa shape index (κ2) is 4.63. The first-order chi connectivity index (χ1) is 11.0. The molecule has 2 N–H and O–H groups in total. The van der Waals surface area contributed by atoms with Crippen molar-refractivity contribution >= 4 is 27.7 Å². The molecule has 1 unspecified atom stereocenters. The van der Waals surface area contributed by atoms with E-state index in [1.807, 2.05) is 25.1 Å². The molecule has 0 bridgehead atoms. The van der Waals surface area contributed by atoms with E-state index in [1.54, 1.807) is 12.1 Å². The van der Waals surface area contributed by atoms with Gasteiger partial charge in [0.1, 0.15) is 5.69 Å². The lowest BCUT2D eigenvalue weighted by atomic mass is 9.99. The number of benzene rings is 2. The predicted molar refractivity (Wildman–Crippen MR) is 86.4 cm³/mol. The number of pyridine rings is 1. The summed E-state index contributed by atoms with van der Waals surface area (Å²) >= 11 is 0. The van der Waals surface area contributed by atoms with Crippen LogP contribution in [-0.4, -0.2) is 20.3 Å². The highest BCUT2D eigenvalue weighted by molar-refractivity contribution is 7.85. The fourth-order valence-corrected chi connectivity index (χ4v) is 4.36. The number of aromatic nitrogens is 1. The van der Waals surface area contributed by atoms with Crippen LogP contribution in [0.2, 0.25) is 0 Å². The Hall–Kier alpha value is -2.73. The van der Waals surface area contributed by atoms with Crippen molar-refractivity contribution < 1.29 is 14.1 Å². The lowest BCUT2D eigenvalue weighted by Gasteiger charge is -2.06. The maximum Gasteiger partial charge on any atom is 0.352 e. The van der Waals surface area contributed by atoms with Gasteiger partial charge in [-0.1, -0.05) is 17.7 Å². The van der Waals surface area contributed by atoms with Crippen molar-refractivity contribution in [2.75, 3.05) is 0 Å². The van der Waals surface area contributed by atoms with Crippen LogP contribution in [-0.2, 0) is 10.8 Å². The maximum absolute atomic E-state index is 12.6.